The number of aliphatic carboxylic acids is 1. The third-order valence-corrected chi connectivity index (χ3v) is 3.72. The molecule has 23 heavy (non-hydrogen) atoms. The zero-order valence-corrected chi connectivity index (χ0v) is 14.5. The number of nitrogens with one attached hydrogen (secondary N) is 2. The number of nitrogens with zero attached hydrogens (tertiary/aromatic N) is 1. The van der Waals surface area contributed by atoms with Gasteiger partial charge in [-0.15, -0.1) is 0 Å². The van der Waals surface area contributed by atoms with E-state index in [4.69, 9.17) is 11.6 Å². The zero-order valence-electron chi connectivity index (χ0n) is 13.7. The number of amides is 1. The van der Waals surface area contributed by atoms with E-state index in [0.717, 1.165) is 18.5 Å². The van der Waals surface area contributed by atoms with Crippen LogP contribution in [0.1, 0.15) is 18.4 Å². The molecule has 0 aliphatic carbocycles. The van der Waals surface area contributed by atoms with E-state index in [0.29, 0.717) is 17.3 Å². The minimum Gasteiger partial charge on any atom is -0.480 e. The molecule has 0 radical (unpaired) electrons. The molecule has 0 aliphatic heterocycles. The lowest BCUT2D eigenvalue weighted by Crippen LogP contribution is -2.40. The summed E-state index contributed by atoms with van der Waals surface area (Å²) in [6.45, 7) is 3.26. The second kappa shape index (κ2) is 9.50. The van der Waals surface area contributed by atoms with Gasteiger partial charge in [-0.2, -0.15) is 0 Å². The first kappa shape index (κ1) is 19.4. The van der Waals surface area contributed by atoms with Gasteiger partial charge in [0.1, 0.15) is 6.04 Å². The van der Waals surface area contributed by atoms with Crippen LogP contribution in [-0.2, 0) is 9.59 Å². The van der Waals surface area contributed by atoms with Gasteiger partial charge in [-0.1, -0.05) is 17.7 Å². The quantitative estimate of drug-likeness (QED) is 0.598. The Morgan fingerprint density at radius 2 is 2.04 bits per heavy atom. The summed E-state index contributed by atoms with van der Waals surface area (Å²) in [5, 5.41) is 15.3. The van der Waals surface area contributed by atoms with E-state index >= 15 is 0 Å². The van der Waals surface area contributed by atoms with E-state index in [1.807, 2.05) is 25.9 Å². The molecule has 0 saturated carbocycles. The molecule has 0 aliphatic rings. The Kier molecular flexibility index (Phi) is 8.02. The van der Waals surface area contributed by atoms with Gasteiger partial charge in [0.25, 0.3) is 0 Å². The van der Waals surface area contributed by atoms with Crippen LogP contribution in [0.4, 0.5) is 5.69 Å². The Hall–Kier alpha value is -1.63. The molecule has 0 fully saturated rings. The van der Waals surface area contributed by atoms with Crippen molar-refractivity contribution in [2.45, 2.75) is 25.8 Å². The number of hydrogen-bond donors (Lipinski definition) is 3. The van der Waals surface area contributed by atoms with E-state index in [9.17, 15) is 14.7 Å². The van der Waals surface area contributed by atoms with E-state index in [2.05, 4.69) is 10.6 Å². The van der Waals surface area contributed by atoms with Crippen LogP contribution >= 0.6 is 11.6 Å². The largest absolute Gasteiger partial charge is 0.480 e. The highest BCUT2D eigenvalue weighted by Gasteiger charge is 2.20. The molecule has 6 nitrogen and oxygen atoms in total. The average Bonchev–Trinajstić information content (AvgIpc) is 2.45. The maximum Gasteiger partial charge on any atom is 0.321 e. The smallest absolute Gasteiger partial charge is 0.321 e. The van der Waals surface area contributed by atoms with Crippen molar-refractivity contribution in [3.05, 3.63) is 28.8 Å². The number of anilines is 1. The predicted octanol–water partition coefficient (Wildman–Crippen LogP) is 1.97. The minimum absolute atomic E-state index is 0.136. The van der Waals surface area contributed by atoms with Gasteiger partial charge in [0.15, 0.2) is 0 Å². The van der Waals surface area contributed by atoms with Crippen LogP contribution in [-0.4, -0.2) is 55.1 Å². The average molecular weight is 342 g/mol. The van der Waals surface area contributed by atoms with E-state index in [-0.39, 0.29) is 12.3 Å². The number of carbonyl (C=O) groups is 2. The van der Waals surface area contributed by atoms with Gasteiger partial charge in [-0.3, -0.25) is 9.59 Å². The molecule has 7 heteroatoms. The van der Waals surface area contributed by atoms with Crippen LogP contribution in [0.3, 0.4) is 0 Å². The summed E-state index contributed by atoms with van der Waals surface area (Å²) >= 11 is 6.00. The zero-order chi connectivity index (χ0) is 17.4. The first-order valence-electron chi connectivity index (χ1n) is 7.46. The number of aryl methyl sites for hydroxylation is 1. The number of carboxylic acids is 1. The number of carboxylic acid groups (broad SMARTS) is 1. The van der Waals surface area contributed by atoms with Crippen molar-refractivity contribution < 1.29 is 14.7 Å². The minimum atomic E-state index is -1.04. The number of hydrogen-bond acceptors (Lipinski definition) is 4. The summed E-state index contributed by atoms with van der Waals surface area (Å²) in [5.41, 5.74) is 1.47. The van der Waals surface area contributed by atoms with Crippen LogP contribution in [0.5, 0.6) is 0 Å². The molecule has 1 aromatic carbocycles. The van der Waals surface area contributed by atoms with Gasteiger partial charge in [0, 0.05) is 10.7 Å². The maximum absolute atomic E-state index is 12.0. The molecular weight excluding hydrogens is 318 g/mol. The number of rotatable bonds is 9. The summed E-state index contributed by atoms with van der Waals surface area (Å²) in [7, 11) is 3.91. The van der Waals surface area contributed by atoms with E-state index in [1.165, 1.54) is 0 Å². The molecule has 3 N–H and O–H groups in total. The molecule has 1 atom stereocenters. The molecule has 0 unspecified atom stereocenters. The molecule has 0 aromatic heterocycles. The SMILES string of the molecule is Cc1ccc(NC(=O)C[C@@H](NCCCN(C)C)C(=O)O)cc1Cl. The van der Waals surface area contributed by atoms with Gasteiger partial charge in [0.05, 0.1) is 6.42 Å². The van der Waals surface area contributed by atoms with Crippen molar-refractivity contribution >= 4 is 29.2 Å². The molecular formula is C16H24ClN3O3. The molecule has 0 bridgehead atoms. The van der Waals surface area contributed by atoms with E-state index < -0.39 is 12.0 Å². The lowest BCUT2D eigenvalue weighted by Gasteiger charge is -2.15. The molecule has 128 valence electrons. The second-order valence-electron chi connectivity index (χ2n) is 5.72. The van der Waals surface area contributed by atoms with Gasteiger partial charge in [-0.05, 0) is 58.2 Å². The number of halogens is 1. The van der Waals surface area contributed by atoms with Gasteiger partial charge in [-0.25, -0.2) is 0 Å². The molecule has 0 saturated heterocycles. The topological polar surface area (TPSA) is 81.7 Å². The molecule has 1 amide bonds. The van der Waals surface area contributed by atoms with Crippen molar-refractivity contribution in [1.29, 1.82) is 0 Å². The maximum atomic E-state index is 12.0. The summed E-state index contributed by atoms with van der Waals surface area (Å²) < 4.78 is 0. The van der Waals surface area contributed by atoms with Crippen LogP contribution in [0, 0.1) is 6.92 Å². The van der Waals surface area contributed by atoms with Crippen LogP contribution in [0.15, 0.2) is 18.2 Å². The van der Waals surface area contributed by atoms with E-state index in [1.54, 1.807) is 18.2 Å². The highest BCUT2D eigenvalue weighted by molar-refractivity contribution is 6.31. The summed E-state index contributed by atoms with van der Waals surface area (Å²) in [4.78, 5) is 25.3. The van der Waals surface area contributed by atoms with Gasteiger partial charge < -0.3 is 20.6 Å². The fourth-order valence-electron chi connectivity index (χ4n) is 1.99. The number of carbonyl (C=O) groups excluding carboxylic acids is 1. The third-order valence-electron chi connectivity index (χ3n) is 3.32. The van der Waals surface area contributed by atoms with Gasteiger partial charge in [0.2, 0.25) is 5.91 Å². The van der Waals surface area contributed by atoms with Crippen molar-refractivity contribution in [2.75, 3.05) is 32.5 Å². The summed E-state index contributed by atoms with van der Waals surface area (Å²) in [6.07, 6.45) is 0.675. The Labute approximate surface area is 141 Å². The number of benzene rings is 1. The highest BCUT2D eigenvalue weighted by atomic mass is 35.5. The fraction of sp³-hybridized carbons (Fsp3) is 0.500. The Balaban J connectivity index is 2.50. The predicted molar refractivity (Wildman–Crippen MR) is 92.0 cm³/mol. The second-order valence-corrected chi connectivity index (χ2v) is 6.13. The Morgan fingerprint density at radius 1 is 1.35 bits per heavy atom. The molecule has 0 spiro atoms. The third kappa shape index (κ3) is 7.45. The Bertz CT molecular complexity index is 549. The molecule has 0 heterocycles. The molecule has 1 aromatic rings. The normalized spacial score (nSPS) is 12.2. The van der Waals surface area contributed by atoms with Crippen molar-refractivity contribution in [3.8, 4) is 0 Å². The van der Waals surface area contributed by atoms with Crippen molar-refractivity contribution in [2.24, 2.45) is 0 Å². The lowest BCUT2D eigenvalue weighted by molar-refractivity contribution is -0.141. The monoisotopic (exact) mass is 341 g/mol. The highest BCUT2D eigenvalue weighted by Crippen LogP contribution is 2.20. The van der Waals surface area contributed by atoms with Crippen LogP contribution < -0.4 is 10.6 Å². The summed E-state index contributed by atoms with van der Waals surface area (Å²) in [6, 6.07) is 4.28. The van der Waals surface area contributed by atoms with Crippen molar-refractivity contribution in [3.63, 3.8) is 0 Å². The summed E-state index contributed by atoms with van der Waals surface area (Å²) in [5.74, 6) is -1.40. The fourth-order valence-corrected chi connectivity index (χ4v) is 2.17. The Morgan fingerprint density at radius 3 is 2.61 bits per heavy atom. The van der Waals surface area contributed by atoms with Gasteiger partial charge >= 0.3 is 5.97 Å². The van der Waals surface area contributed by atoms with Crippen molar-refractivity contribution in [1.82, 2.24) is 10.2 Å². The lowest BCUT2D eigenvalue weighted by atomic mass is 10.1. The van der Waals surface area contributed by atoms with Crippen LogP contribution in [0.2, 0.25) is 5.02 Å². The first-order chi connectivity index (χ1) is 10.8. The molecule has 1 rings (SSSR count). The van der Waals surface area contributed by atoms with Crippen LogP contribution in [0.25, 0.3) is 0 Å². The standard InChI is InChI=1S/C16H24ClN3O3/c1-11-5-6-12(9-13(11)17)19-15(21)10-14(16(22)23)18-7-4-8-20(2)3/h5-6,9,14,18H,4,7-8,10H2,1-3H3,(H,19,21)(H,22,23)/t14-/m1/s1. The first-order valence-corrected chi connectivity index (χ1v) is 7.84.